The summed E-state index contributed by atoms with van der Waals surface area (Å²) in [6.45, 7) is 5.95. The summed E-state index contributed by atoms with van der Waals surface area (Å²) < 4.78 is 2.14. The molecule has 1 aromatic heterocycles. The molecule has 0 spiro atoms. The highest BCUT2D eigenvalue weighted by molar-refractivity contribution is 5.51. The van der Waals surface area contributed by atoms with Gasteiger partial charge in [0.15, 0.2) is 0 Å². The second-order valence-electron chi connectivity index (χ2n) is 9.29. The van der Waals surface area contributed by atoms with E-state index in [2.05, 4.69) is 97.3 Å². The zero-order valence-corrected chi connectivity index (χ0v) is 20.4. The summed E-state index contributed by atoms with van der Waals surface area (Å²) in [5, 5.41) is 11.8. The van der Waals surface area contributed by atoms with Gasteiger partial charge in [-0.3, -0.25) is 0 Å². The first kappa shape index (κ1) is 22.8. The first-order chi connectivity index (χ1) is 17.0. The Morgan fingerprint density at radius 1 is 0.657 bits per heavy atom. The van der Waals surface area contributed by atoms with Crippen LogP contribution in [0.25, 0.3) is 0 Å². The number of hydrogen-bond acceptors (Lipinski definition) is 2. The molecule has 1 atom stereocenters. The summed E-state index contributed by atoms with van der Waals surface area (Å²) in [5.74, 6) is 0. The third-order valence-electron chi connectivity index (χ3n) is 7.17. The summed E-state index contributed by atoms with van der Waals surface area (Å²) in [7, 11) is 0. The zero-order chi connectivity index (χ0) is 24.5. The molecule has 0 saturated heterocycles. The molecule has 0 aliphatic carbocycles. The summed E-state index contributed by atoms with van der Waals surface area (Å²) in [6.07, 6.45) is 3.84. The molecule has 0 saturated carbocycles. The van der Waals surface area contributed by atoms with E-state index < -0.39 is 11.1 Å². The monoisotopic (exact) mass is 458 g/mol. The minimum Gasteiger partial charge on any atom is -0.379 e. The van der Waals surface area contributed by atoms with Gasteiger partial charge in [0.2, 0.25) is 0 Å². The smallest absolute Gasteiger partial charge is 0.130 e. The lowest BCUT2D eigenvalue weighted by Gasteiger charge is -2.37. The van der Waals surface area contributed by atoms with Crippen molar-refractivity contribution in [2.75, 3.05) is 0 Å². The van der Waals surface area contributed by atoms with Crippen LogP contribution < -0.4 is 0 Å². The van der Waals surface area contributed by atoms with Crippen molar-refractivity contribution in [3.63, 3.8) is 0 Å². The fourth-order valence-electron chi connectivity index (χ4n) is 5.16. The number of rotatable bonds is 6. The quantitative estimate of drug-likeness (QED) is 0.291. The molecule has 0 amide bonds. The third-order valence-corrected chi connectivity index (χ3v) is 7.17. The number of nitrogens with zero attached hydrogens (tertiary/aromatic N) is 2. The summed E-state index contributed by atoms with van der Waals surface area (Å²) >= 11 is 0. The van der Waals surface area contributed by atoms with Crippen molar-refractivity contribution in [2.24, 2.45) is 0 Å². The number of aryl methyl sites for hydroxylation is 1. The fourth-order valence-corrected chi connectivity index (χ4v) is 5.16. The molecule has 0 aliphatic rings. The minimum atomic E-state index is -1.24. The maximum Gasteiger partial charge on any atom is 0.130 e. The number of aliphatic hydroxyl groups is 1. The number of hydrogen-bond donors (Lipinski definition) is 1. The molecule has 0 radical (unpaired) electrons. The van der Waals surface area contributed by atoms with Gasteiger partial charge in [0.1, 0.15) is 11.1 Å². The lowest BCUT2D eigenvalue weighted by molar-refractivity contribution is 0.0969. The van der Waals surface area contributed by atoms with Crippen LogP contribution in [-0.4, -0.2) is 14.7 Å². The molecule has 0 aliphatic heterocycles. The Labute approximate surface area is 207 Å². The van der Waals surface area contributed by atoms with E-state index in [1.807, 2.05) is 49.8 Å². The summed E-state index contributed by atoms with van der Waals surface area (Å²) in [6, 6.07) is 37.5. The number of aromatic nitrogens is 2. The van der Waals surface area contributed by atoms with Crippen molar-refractivity contribution >= 4 is 0 Å². The maximum atomic E-state index is 11.8. The highest BCUT2D eigenvalue weighted by atomic mass is 16.3. The van der Waals surface area contributed by atoms with E-state index in [1.165, 1.54) is 0 Å². The van der Waals surface area contributed by atoms with E-state index in [-0.39, 0.29) is 0 Å². The Balaban J connectivity index is 1.78. The van der Waals surface area contributed by atoms with Crippen molar-refractivity contribution in [3.05, 3.63) is 161 Å². The van der Waals surface area contributed by atoms with Crippen molar-refractivity contribution < 1.29 is 5.11 Å². The fraction of sp³-hybridized carbons (Fsp3) is 0.156. The normalized spacial score (nSPS) is 13.4. The van der Waals surface area contributed by atoms with Crippen LogP contribution in [0.4, 0.5) is 0 Å². The van der Waals surface area contributed by atoms with Crippen LogP contribution in [0.1, 0.15) is 46.0 Å². The van der Waals surface area contributed by atoms with Gasteiger partial charge in [-0.1, -0.05) is 109 Å². The van der Waals surface area contributed by atoms with Crippen LogP contribution in [-0.2, 0) is 11.1 Å². The summed E-state index contributed by atoms with van der Waals surface area (Å²) in [4.78, 5) is 4.79. The second kappa shape index (κ2) is 9.01. The van der Waals surface area contributed by atoms with Gasteiger partial charge >= 0.3 is 0 Å². The van der Waals surface area contributed by atoms with Crippen LogP contribution in [0.2, 0.25) is 0 Å². The highest BCUT2D eigenvalue weighted by Crippen LogP contribution is 2.42. The molecule has 3 nitrogen and oxygen atoms in total. The number of benzene rings is 4. The van der Waals surface area contributed by atoms with Crippen LogP contribution in [0.15, 0.2) is 122 Å². The molecule has 5 rings (SSSR count). The molecular weight excluding hydrogens is 428 g/mol. The first-order valence-corrected chi connectivity index (χ1v) is 12.0. The molecule has 1 unspecified atom stereocenters. The molecular formula is C32H30N2O. The molecule has 174 valence electrons. The Kier molecular flexibility index (Phi) is 5.88. The standard InChI is InChI=1S/C32H30N2O/c1-24-14-13-21-29(25(24)2)31(3,35)30-22-34(23-33-30)32(26-15-7-4-8-16-26,27-17-9-5-10-18-27)28-19-11-6-12-20-28/h4-23,35H,1-3H3. The van der Waals surface area contributed by atoms with Gasteiger partial charge in [0.05, 0.1) is 12.0 Å². The predicted octanol–water partition coefficient (Wildman–Crippen LogP) is 6.60. The molecule has 5 aromatic rings. The van der Waals surface area contributed by atoms with Crippen molar-refractivity contribution in [2.45, 2.75) is 31.9 Å². The largest absolute Gasteiger partial charge is 0.379 e. The van der Waals surface area contributed by atoms with Gasteiger partial charge in [0, 0.05) is 6.20 Å². The topological polar surface area (TPSA) is 38.0 Å². The number of imidazole rings is 1. The van der Waals surface area contributed by atoms with Gasteiger partial charge in [-0.25, -0.2) is 4.98 Å². The molecule has 35 heavy (non-hydrogen) atoms. The van der Waals surface area contributed by atoms with Crippen molar-refractivity contribution in [1.82, 2.24) is 9.55 Å². The predicted molar refractivity (Wildman–Crippen MR) is 141 cm³/mol. The van der Waals surface area contributed by atoms with Gasteiger partial charge in [-0.05, 0) is 54.2 Å². The SMILES string of the molecule is Cc1cccc(C(C)(O)c2cn(C(c3ccccc3)(c3ccccc3)c3ccccc3)cn2)c1C. The Morgan fingerprint density at radius 2 is 1.14 bits per heavy atom. The maximum absolute atomic E-state index is 11.8. The van der Waals surface area contributed by atoms with Gasteiger partial charge in [-0.2, -0.15) is 0 Å². The molecule has 4 aromatic carbocycles. The van der Waals surface area contributed by atoms with Crippen molar-refractivity contribution in [3.8, 4) is 0 Å². The highest BCUT2D eigenvalue weighted by Gasteiger charge is 2.40. The lowest BCUT2D eigenvalue weighted by atomic mass is 9.76. The van der Waals surface area contributed by atoms with Crippen LogP contribution in [0.5, 0.6) is 0 Å². The lowest BCUT2D eigenvalue weighted by Crippen LogP contribution is -2.37. The van der Waals surface area contributed by atoms with E-state index >= 15 is 0 Å². The Morgan fingerprint density at radius 3 is 1.63 bits per heavy atom. The van der Waals surface area contributed by atoms with Gasteiger partial charge in [0.25, 0.3) is 0 Å². The molecule has 0 bridgehead atoms. The minimum absolute atomic E-state index is 0.610. The van der Waals surface area contributed by atoms with Crippen molar-refractivity contribution in [1.29, 1.82) is 0 Å². The van der Waals surface area contributed by atoms with E-state index in [0.717, 1.165) is 33.4 Å². The molecule has 1 heterocycles. The average molecular weight is 459 g/mol. The zero-order valence-electron chi connectivity index (χ0n) is 20.4. The molecule has 3 heteroatoms. The Hall–Kier alpha value is -3.95. The van der Waals surface area contributed by atoms with E-state index in [9.17, 15) is 5.11 Å². The summed E-state index contributed by atoms with van der Waals surface area (Å²) in [5.41, 5.74) is 5.16. The van der Waals surface area contributed by atoms with Crippen LogP contribution in [0, 0.1) is 13.8 Å². The van der Waals surface area contributed by atoms with E-state index in [1.54, 1.807) is 0 Å². The van der Waals surface area contributed by atoms with Crippen LogP contribution >= 0.6 is 0 Å². The van der Waals surface area contributed by atoms with Gasteiger partial charge in [-0.15, -0.1) is 0 Å². The molecule has 1 N–H and O–H groups in total. The Bertz CT molecular complexity index is 1320. The first-order valence-electron chi connectivity index (χ1n) is 12.0. The average Bonchev–Trinajstić information content (AvgIpc) is 3.40. The molecule has 0 fully saturated rings. The third kappa shape index (κ3) is 3.78. The second-order valence-corrected chi connectivity index (χ2v) is 9.29. The van der Waals surface area contributed by atoms with Gasteiger partial charge < -0.3 is 9.67 Å². The van der Waals surface area contributed by atoms with E-state index in [0.29, 0.717) is 5.69 Å². The van der Waals surface area contributed by atoms with Crippen LogP contribution in [0.3, 0.4) is 0 Å². The van der Waals surface area contributed by atoms with E-state index in [4.69, 9.17) is 4.98 Å².